The van der Waals surface area contributed by atoms with Gasteiger partial charge in [-0.3, -0.25) is 0 Å². The van der Waals surface area contributed by atoms with Gasteiger partial charge in [-0.05, 0) is 37.6 Å². The molecule has 1 fully saturated rings. The lowest BCUT2D eigenvalue weighted by atomic mass is 10.0. The van der Waals surface area contributed by atoms with Gasteiger partial charge < -0.3 is 16.0 Å². The molecule has 1 heterocycles. The molecule has 16 heavy (non-hydrogen) atoms. The average molecular weight is 219 g/mol. The molecule has 1 aromatic carbocycles. The van der Waals surface area contributed by atoms with Crippen LogP contribution >= 0.6 is 0 Å². The molecule has 2 rings (SSSR count). The van der Waals surface area contributed by atoms with E-state index < -0.39 is 0 Å². The summed E-state index contributed by atoms with van der Waals surface area (Å²) >= 11 is 0. The van der Waals surface area contributed by atoms with Crippen molar-refractivity contribution in [3.8, 4) is 0 Å². The number of nitrogens with one attached hydrogen (secondary N) is 1. The summed E-state index contributed by atoms with van der Waals surface area (Å²) in [5.74, 6) is 0. The van der Waals surface area contributed by atoms with Crippen LogP contribution in [0.3, 0.4) is 0 Å². The highest BCUT2D eigenvalue weighted by Gasteiger charge is 2.26. The van der Waals surface area contributed by atoms with Crippen LogP contribution in [0.1, 0.15) is 20.3 Å². The van der Waals surface area contributed by atoms with Crippen molar-refractivity contribution in [3.63, 3.8) is 0 Å². The third-order valence-electron chi connectivity index (χ3n) is 3.44. The monoisotopic (exact) mass is 219 g/mol. The maximum Gasteiger partial charge on any atom is 0.0438 e. The summed E-state index contributed by atoms with van der Waals surface area (Å²) < 4.78 is 0. The third kappa shape index (κ3) is 2.14. The molecule has 2 atom stereocenters. The van der Waals surface area contributed by atoms with E-state index in [1.54, 1.807) is 0 Å². The average Bonchev–Trinajstić information content (AvgIpc) is 2.30. The molecule has 1 aromatic rings. The predicted octanol–water partition coefficient (Wildman–Crippen LogP) is 1.85. The minimum atomic E-state index is 0.552. The van der Waals surface area contributed by atoms with Crippen molar-refractivity contribution in [2.75, 3.05) is 23.7 Å². The molecule has 1 aliphatic heterocycles. The van der Waals surface area contributed by atoms with Crippen molar-refractivity contribution in [1.29, 1.82) is 0 Å². The Morgan fingerprint density at radius 3 is 2.69 bits per heavy atom. The quantitative estimate of drug-likeness (QED) is 0.746. The lowest BCUT2D eigenvalue weighted by Crippen LogP contribution is -2.56. The van der Waals surface area contributed by atoms with E-state index >= 15 is 0 Å². The van der Waals surface area contributed by atoms with E-state index in [0.29, 0.717) is 12.1 Å². The van der Waals surface area contributed by atoms with Gasteiger partial charge in [0, 0.05) is 36.5 Å². The number of nitrogen functional groups attached to an aromatic ring is 1. The Hall–Kier alpha value is -1.22. The smallest absolute Gasteiger partial charge is 0.0438 e. The molecule has 0 radical (unpaired) electrons. The van der Waals surface area contributed by atoms with Crippen LogP contribution in [-0.2, 0) is 0 Å². The first kappa shape index (κ1) is 11.3. The second kappa shape index (κ2) is 4.74. The minimum Gasteiger partial charge on any atom is -0.399 e. The fraction of sp³-hybridized carbons (Fsp3) is 0.538. The van der Waals surface area contributed by atoms with E-state index in [-0.39, 0.29) is 0 Å². The lowest BCUT2D eigenvalue weighted by Gasteiger charge is -2.42. The number of anilines is 2. The lowest BCUT2D eigenvalue weighted by molar-refractivity contribution is 0.377. The van der Waals surface area contributed by atoms with Crippen LogP contribution < -0.4 is 16.0 Å². The summed E-state index contributed by atoms with van der Waals surface area (Å²) in [6.07, 6.45) is 1.17. The van der Waals surface area contributed by atoms with Crippen LogP contribution in [0, 0.1) is 0 Å². The summed E-state index contributed by atoms with van der Waals surface area (Å²) in [6.45, 7) is 6.64. The van der Waals surface area contributed by atoms with Gasteiger partial charge in [-0.15, -0.1) is 0 Å². The van der Waals surface area contributed by atoms with Gasteiger partial charge in [-0.1, -0.05) is 6.92 Å². The van der Waals surface area contributed by atoms with Gasteiger partial charge in [0.05, 0.1) is 0 Å². The fourth-order valence-electron chi connectivity index (χ4n) is 2.54. The van der Waals surface area contributed by atoms with Crippen molar-refractivity contribution in [1.82, 2.24) is 5.32 Å². The first-order chi connectivity index (χ1) is 7.72. The molecule has 1 aliphatic rings. The van der Waals surface area contributed by atoms with E-state index in [1.807, 2.05) is 12.1 Å². The summed E-state index contributed by atoms with van der Waals surface area (Å²) in [6, 6.07) is 9.34. The molecular weight excluding hydrogens is 198 g/mol. The minimum absolute atomic E-state index is 0.552. The van der Waals surface area contributed by atoms with Crippen LogP contribution in [0.25, 0.3) is 0 Å². The van der Waals surface area contributed by atoms with E-state index in [9.17, 15) is 0 Å². The molecule has 0 saturated carbocycles. The zero-order chi connectivity index (χ0) is 11.5. The maximum atomic E-state index is 5.72. The summed E-state index contributed by atoms with van der Waals surface area (Å²) in [7, 11) is 0. The first-order valence-electron chi connectivity index (χ1n) is 6.08. The number of benzene rings is 1. The Bertz CT molecular complexity index is 334. The van der Waals surface area contributed by atoms with Crippen molar-refractivity contribution < 1.29 is 0 Å². The Morgan fingerprint density at radius 1 is 1.38 bits per heavy atom. The van der Waals surface area contributed by atoms with Gasteiger partial charge in [-0.2, -0.15) is 0 Å². The molecule has 1 saturated heterocycles. The third-order valence-corrected chi connectivity index (χ3v) is 3.44. The van der Waals surface area contributed by atoms with E-state index in [0.717, 1.165) is 18.8 Å². The summed E-state index contributed by atoms with van der Waals surface area (Å²) in [5, 5.41) is 3.53. The number of rotatable bonds is 2. The van der Waals surface area contributed by atoms with Gasteiger partial charge in [0.25, 0.3) is 0 Å². The van der Waals surface area contributed by atoms with Crippen molar-refractivity contribution in [2.45, 2.75) is 32.4 Å². The highest BCUT2D eigenvalue weighted by molar-refractivity contribution is 5.54. The number of hydrogen-bond acceptors (Lipinski definition) is 3. The maximum absolute atomic E-state index is 5.72. The molecule has 0 bridgehead atoms. The SMILES string of the molecule is CCC1C(C)NCCN1c1ccc(N)cc1. The highest BCUT2D eigenvalue weighted by Crippen LogP contribution is 2.23. The van der Waals surface area contributed by atoms with Gasteiger partial charge in [0.15, 0.2) is 0 Å². The number of piperazine rings is 1. The second-order valence-electron chi connectivity index (χ2n) is 4.50. The van der Waals surface area contributed by atoms with Gasteiger partial charge >= 0.3 is 0 Å². The Balaban J connectivity index is 2.20. The molecule has 0 spiro atoms. The molecule has 0 amide bonds. The zero-order valence-electron chi connectivity index (χ0n) is 10.1. The van der Waals surface area contributed by atoms with Crippen LogP contribution in [0.4, 0.5) is 11.4 Å². The largest absolute Gasteiger partial charge is 0.399 e. The zero-order valence-corrected chi connectivity index (χ0v) is 10.1. The van der Waals surface area contributed by atoms with E-state index in [4.69, 9.17) is 5.73 Å². The first-order valence-corrected chi connectivity index (χ1v) is 6.08. The molecule has 0 aliphatic carbocycles. The Kier molecular flexibility index (Phi) is 3.34. The number of nitrogens with zero attached hydrogens (tertiary/aromatic N) is 1. The second-order valence-corrected chi connectivity index (χ2v) is 4.50. The van der Waals surface area contributed by atoms with Crippen molar-refractivity contribution in [3.05, 3.63) is 24.3 Å². The predicted molar refractivity (Wildman–Crippen MR) is 69.7 cm³/mol. The normalized spacial score (nSPS) is 25.8. The van der Waals surface area contributed by atoms with Crippen LogP contribution in [0.5, 0.6) is 0 Å². The Labute approximate surface area is 97.6 Å². The fourth-order valence-corrected chi connectivity index (χ4v) is 2.54. The van der Waals surface area contributed by atoms with Crippen molar-refractivity contribution >= 4 is 11.4 Å². The molecule has 88 valence electrons. The van der Waals surface area contributed by atoms with Crippen LogP contribution in [0.2, 0.25) is 0 Å². The summed E-state index contributed by atoms with van der Waals surface area (Å²) in [5.41, 5.74) is 7.84. The van der Waals surface area contributed by atoms with E-state index in [1.165, 1.54) is 12.1 Å². The molecule has 3 N–H and O–H groups in total. The summed E-state index contributed by atoms with van der Waals surface area (Å²) in [4.78, 5) is 2.49. The molecule has 3 nitrogen and oxygen atoms in total. The molecule has 3 heteroatoms. The molecule has 2 unspecified atom stereocenters. The number of hydrogen-bond donors (Lipinski definition) is 2. The molecular formula is C13H21N3. The van der Waals surface area contributed by atoms with Gasteiger partial charge in [0.2, 0.25) is 0 Å². The van der Waals surface area contributed by atoms with Crippen LogP contribution in [0.15, 0.2) is 24.3 Å². The van der Waals surface area contributed by atoms with E-state index in [2.05, 4.69) is 36.2 Å². The number of nitrogens with two attached hydrogens (primary N) is 1. The van der Waals surface area contributed by atoms with Gasteiger partial charge in [0.1, 0.15) is 0 Å². The van der Waals surface area contributed by atoms with Crippen molar-refractivity contribution in [2.24, 2.45) is 0 Å². The molecule has 0 aromatic heterocycles. The topological polar surface area (TPSA) is 41.3 Å². The van der Waals surface area contributed by atoms with Gasteiger partial charge in [-0.25, -0.2) is 0 Å². The highest BCUT2D eigenvalue weighted by atomic mass is 15.2. The Morgan fingerprint density at radius 2 is 2.06 bits per heavy atom. The standard InChI is InChI=1S/C13H21N3/c1-3-13-10(2)15-8-9-16(13)12-6-4-11(14)5-7-12/h4-7,10,13,15H,3,8-9,14H2,1-2H3. The van der Waals surface area contributed by atoms with Crippen LogP contribution in [-0.4, -0.2) is 25.2 Å².